The first-order valence-electron chi connectivity index (χ1n) is 6.83. The average Bonchev–Trinajstić information content (AvgIpc) is 2.46. The number of halogens is 1. The van der Waals surface area contributed by atoms with E-state index in [4.69, 9.17) is 17.3 Å². The summed E-state index contributed by atoms with van der Waals surface area (Å²) in [6.07, 6.45) is 1.92. The van der Waals surface area contributed by atoms with E-state index in [1.54, 1.807) is 0 Å². The van der Waals surface area contributed by atoms with E-state index in [1.165, 1.54) is 11.3 Å². The summed E-state index contributed by atoms with van der Waals surface area (Å²) in [5, 5.41) is 0.750. The summed E-state index contributed by atoms with van der Waals surface area (Å²) in [5.41, 5.74) is 9.90. The van der Waals surface area contributed by atoms with Gasteiger partial charge in [-0.1, -0.05) is 35.9 Å². The maximum absolute atomic E-state index is 6.22. The van der Waals surface area contributed by atoms with E-state index in [0.717, 1.165) is 23.4 Å². The van der Waals surface area contributed by atoms with Crippen molar-refractivity contribution in [3.63, 3.8) is 0 Å². The molecule has 106 valence electrons. The van der Waals surface area contributed by atoms with Crippen molar-refractivity contribution in [2.45, 2.75) is 18.9 Å². The van der Waals surface area contributed by atoms with Crippen LogP contribution in [0.4, 0.5) is 5.69 Å². The number of rotatable bonds is 5. The van der Waals surface area contributed by atoms with Gasteiger partial charge in [0.2, 0.25) is 0 Å². The summed E-state index contributed by atoms with van der Waals surface area (Å²) in [5.74, 6) is 0. The molecule has 0 bridgehead atoms. The zero-order valence-corrected chi connectivity index (χ0v) is 12.8. The highest BCUT2D eigenvalue weighted by Gasteiger charge is 2.06. The van der Waals surface area contributed by atoms with Crippen LogP contribution in [0.1, 0.15) is 23.6 Å². The SMILES string of the molecule is CN(C)c1ccc(CCC(N)c2ccc(Cl)cc2)cc1. The molecule has 0 heterocycles. The zero-order valence-electron chi connectivity index (χ0n) is 12.0. The minimum Gasteiger partial charge on any atom is -0.378 e. The number of aryl methyl sites for hydroxylation is 1. The van der Waals surface area contributed by atoms with Gasteiger partial charge in [-0.15, -0.1) is 0 Å². The minimum atomic E-state index is 0.0563. The molecule has 0 saturated carbocycles. The first kappa shape index (κ1) is 14.9. The van der Waals surface area contributed by atoms with Crippen LogP contribution in [0.15, 0.2) is 48.5 Å². The molecule has 1 unspecified atom stereocenters. The Balaban J connectivity index is 1.92. The van der Waals surface area contributed by atoms with Crippen molar-refractivity contribution in [2.75, 3.05) is 19.0 Å². The maximum Gasteiger partial charge on any atom is 0.0406 e. The molecule has 2 rings (SSSR count). The monoisotopic (exact) mass is 288 g/mol. The summed E-state index contributed by atoms with van der Waals surface area (Å²) in [7, 11) is 4.09. The molecule has 0 aliphatic carbocycles. The second-order valence-corrected chi connectivity index (χ2v) is 5.69. The number of hydrogen-bond donors (Lipinski definition) is 1. The molecule has 1 atom stereocenters. The molecule has 0 radical (unpaired) electrons. The molecular formula is C17H21ClN2. The fourth-order valence-corrected chi connectivity index (χ4v) is 2.29. The topological polar surface area (TPSA) is 29.3 Å². The predicted molar refractivity (Wildman–Crippen MR) is 87.5 cm³/mol. The Hall–Kier alpha value is -1.51. The van der Waals surface area contributed by atoms with Crippen molar-refractivity contribution < 1.29 is 0 Å². The minimum absolute atomic E-state index is 0.0563. The van der Waals surface area contributed by atoms with Gasteiger partial charge in [0.1, 0.15) is 0 Å². The van der Waals surface area contributed by atoms with Crippen molar-refractivity contribution in [3.05, 3.63) is 64.7 Å². The highest BCUT2D eigenvalue weighted by molar-refractivity contribution is 6.30. The van der Waals surface area contributed by atoms with E-state index < -0.39 is 0 Å². The first-order valence-corrected chi connectivity index (χ1v) is 7.21. The Labute approximate surface area is 126 Å². The average molecular weight is 289 g/mol. The summed E-state index contributed by atoms with van der Waals surface area (Å²) in [6, 6.07) is 16.5. The number of benzene rings is 2. The second-order valence-electron chi connectivity index (χ2n) is 5.26. The molecule has 0 amide bonds. The zero-order chi connectivity index (χ0) is 14.5. The van der Waals surface area contributed by atoms with E-state index in [2.05, 4.69) is 29.2 Å². The van der Waals surface area contributed by atoms with Gasteiger partial charge in [0.05, 0.1) is 0 Å². The van der Waals surface area contributed by atoms with Gasteiger partial charge in [0.25, 0.3) is 0 Å². The number of nitrogens with zero attached hydrogens (tertiary/aromatic N) is 1. The molecule has 2 nitrogen and oxygen atoms in total. The molecule has 0 fully saturated rings. The number of nitrogens with two attached hydrogens (primary N) is 1. The van der Waals surface area contributed by atoms with Gasteiger partial charge in [0, 0.05) is 30.8 Å². The van der Waals surface area contributed by atoms with Crippen LogP contribution in [0.5, 0.6) is 0 Å². The van der Waals surface area contributed by atoms with Crippen molar-refractivity contribution in [1.29, 1.82) is 0 Å². The van der Waals surface area contributed by atoms with Crippen LogP contribution in [-0.4, -0.2) is 14.1 Å². The highest BCUT2D eigenvalue weighted by Crippen LogP contribution is 2.20. The largest absolute Gasteiger partial charge is 0.378 e. The third-order valence-electron chi connectivity index (χ3n) is 3.49. The Morgan fingerprint density at radius 3 is 2.15 bits per heavy atom. The van der Waals surface area contributed by atoms with Crippen LogP contribution in [0.2, 0.25) is 5.02 Å². The molecule has 3 heteroatoms. The van der Waals surface area contributed by atoms with E-state index in [1.807, 2.05) is 38.4 Å². The Morgan fingerprint density at radius 2 is 1.60 bits per heavy atom. The molecule has 20 heavy (non-hydrogen) atoms. The highest BCUT2D eigenvalue weighted by atomic mass is 35.5. The van der Waals surface area contributed by atoms with Crippen LogP contribution in [0.3, 0.4) is 0 Å². The van der Waals surface area contributed by atoms with Gasteiger partial charge in [-0.05, 0) is 48.2 Å². The van der Waals surface area contributed by atoms with Gasteiger partial charge in [-0.3, -0.25) is 0 Å². The molecular weight excluding hydrogens is 268 g/mol. The van der Waals surface area contributed by atoms with Crippen LogP contribution >= 0.6 is 11.6 Å². The van der Waals surface area contributed by atoms with Crippen molar-refractivity contribution in [3.8, 4) is 0 Å². The van der Waals surface area contributed by atoms with Crippen LogP contribution in [0.25, 0.3) is 0 Å². The lowest BCUT2D eigenvalue weighted by atomic mass is 10.00. The number of anilines is 1. The van der Waals surface area contributed by atoms with E-state index >= 15 is 0 Å². The van der Waals surface area contributed by atoms with Gasteiger partial charge < -0.3 is 10.6 Å². The Morgan fingerprint density at radius 1 is 1.00 bits per heavy atom. The molecule has 0 aliphatic heterocycles. The summed E-state index contributed by atoms with van der Waals surface area (Å²) < 4.78 is 0. The predicted octanol–water partition coefficient (Wildman–Crippen LogP) is 4.04. The van der Waals surface area contributed by atoms with Gasteiger partial charge in [0.15, 0.2) is 0 Å². The van der Waals surface area contributed by atoms with Crippen molar-refractivity contribution >= 4 is 17.3 Å². The summed E-state index contributed by atoms with van der Waals surface area (Å²) >= 11 is 5.88. The van der Waals surface area contributed by atoms with Crippen LogP contribution in [-0.2, 0) is 6.42 Å². The van der Waals surface area contributed by atoms with Crippen LogP contribution in [0, 0.1) is 0 Å². The fourth-order valence-electron chi connectivity index (χ4n) is 2.16. The smallest absolute Gasteiger partial charge is 0.0406 e. The van der Waals surface area contributed by atoms with Crippen LogP contribution < -0.4 is 10.6 Å². The van der Waals surface area contributed by atoms with E-state index in [9.17, 15) is 0 Å². The molecule has 2 aromatic rings. The van der Waals surface area contributed by atoms with Gasteiger partial charge in [-0.25, -0.2) is 0 Å². The quantitative estimate of drug-likeness (QED) is 0.900. The summed E-state index contributed by atoms with van der Waals surface area (Å²) in [6.45, 7) is 0. The Bertz CT molecular complexity index is 532. The fraction of sp³-hybridized carbons (Fsp3) is 0.294. The molecule has 2 N–H and O–H groups in total. The summed E-state index contributed by atoms with van der Waals surface area (Å²) in [4.78, 5) is 2.10. The normalized spacial score (nSPS) is 12.2. The van der Waals surface area contributed by atoms with Crippen molar-refractivity contribution in [1.82, 2.24) is 0 Å². The standard InChI is InChI=1S/C17H21ClN2/c1-20(2)16-10-3-13(4-11-16)5-12-17(19)14-6-8-15(18)9-7-14/h3-4,6-11,17H,5,12,19H2,1-2H3. The molecule has 0 aliphatic rings. The second kappa shape index (κ2) is 6.78. The van der Waals surface area contributed by atoms with Crippen molar-refractivity contribution in [2.24, 2.45) is 5.73 Å². The van der Waals surface area contributed by atoms with E-state index in [-0.39, 0.29) is 6.04 Å². The third kappa shape index (κ3) is 3.99. The lowest BCUT2D eigenvalue weighted by Gasteiger charge is -2.14. The van der Waals surface area contributed by atoms with Gasteiger partial charge >= 0.3 is 0 Å². The van der Waals surface area contributed by atoms with E-state index in [0.29, 0.717) is 0 Å². The lowest BCUT2D eigenvalue weighted by Crippen LogP contribution is -2.11. The molecule has 0 aromatic heterocycles. The molecule has 2 aromatic carbocycles. The molecule has 0 spiro atoms. The Kier molecular flexibility index (Phi) is 5.05. The van der Waals surface area contributed by atoms with Gasteiger partial charge in [-0.2, -0.15) is 0 Å². The maximum atomic E-state index is 6.22. The third-order valence-corrected chi connectivity index (χ3v) is 3.75. The first-order chi connectivity index (χ1) is 9.56. The lowest BCUT2D eigenvalue weighted by molar-refractivity contribution is 0.651. The molecule has 0 saturated heterocycles. The number of hydrogen-bond acceptors (Lipinski definition) is 2.